The second-order valence-corrected chi connectivity index (χ2v) is 5.92. The number of carboxylic acid groups (broad SMARTS) is 1. The molecule has 20 heavy (non-hydrogen) atoms. The lowest BCUT2D eigenvalue weighted by molar-refractivity contribution is 0.0691. The Morgan fingerprint density at radius 2 is 2.00 bits per heavy atom. The molecule has 1 aromatic heterocycles. The Hall–Kier alpha value is -2.19. The molecule has 0 aliphatic heterocycles. The highest BCUT2D eigenvalue weighted by molar-refractivity contribution is 7.92. The number of carboxylic acids is 1. The SMILES string of the molecule is O=C(O)c1cc(S(=O)(=O)Nc2ccc(O)c(Cl)c2)c[nH]1. The Morgan fingerprint density at radius 1 is 1.30 bits per heavy atom. The Kier molecular flexibility index (Phi) is 3.60. The number of nitrogens with one attached hydrogen (secondary N) is 2. The molecule has 0 atom stereocenters. The molecule has 0 saturated carbocycles. The Balaban J connectivity index is 2.30. The third kappa shape index (κ3) is 2.86. The summed E-state index contributed by atoms with van der Waals surface area (Å²) in [5.41, 5.74) is -0.0972. The molecule has 0 fully saturated rings. The average molecular weight is 317 g/mol. The number of phenols is 1. The number of benzene rings is 1. The van der Waals surface area contributed by atoms with Gasteiger partial charge in [-0.15, -0.1) is 0 Å². The molecule has 4 N–H and O–H groups in total. The summed E-state index contributed by atoms with van der Waals surface area (Å²) in [7, 11) is -3.94. The molecule has 9 heteroatoms. The summed E-state index contributed by atoms with van der Waals surface area (Å²) in [6.07, 6.45) is 1.06. The van der Waals surface area contributed by atoms with Crippen LogP contribution in [0.15, 0.2) is 35.4 Å². The summed E-state index contributed by atoms with van der Waals surface area (Å²) < 4.78 is 26.2. The fraction of sp³-hybridized carbons (Fsp3) is 0. The van der Waals surface area contributed by atoms with E-state index in [4.69, 9.17) is 16.7 Å². The van der Waals surface area contributed by atoms with E-state index < -0.39 is 16.0 Å². The number of hydrogen-bond donors (Lipinski definition) is 4. The van der Waals surface area contributed by atoms with Gasteiger partial charge in [0.2, 0.25) is 0 Å². The standard InChI is InChI=1S/C11H9ClN2O5S/c12-8-3-6(1-2-10(8)15)14-20(18,19)7-4-9(11(16)17)13-5-7/h1-5,13-15H,(H,16,17). The van der Waals surface area contributed by atoms with Crippen molar-refractivity contribution in [3.05, 3.63) is 41.2 Å². The van der Waals surface area contributed by atoms with Gasteiger partial charge in [0, 0.05) is 6.20 Å². The Labute approximate surface area is 118 Å². The van der Waals surface area contributed by atoms with Gasteiger partial charge >= 0.3 is 5.97 Å². The van der Waals surface area contributed by atoms with Gasteiger partial charge in [0.05, 0.1) is 10.7 Å². The van der Waals surface area contributed by atoms with Crippen LogP contribution in [0.2, 0.25) is 5.02 Å². The van der Waals surface area contributed by atoms with Crippen molar-refractivity contribution < 1.29 is 23.4 Å². The van der Waals surface area contributed by atoms with Crippen LogP contribution in [0.4, 0.5) is 5.69 Å². The number of carbonyl (C=O) groups is 1. The molecule has 0 saturated heterocycles. The quantitative estimate of drug-likeness (QED) is 0.642. The van der Waals surface area contributed by atoms with Crippen LogP contribution >= 0.6 is 11.6 Å². The number of sulfonamides is 1. The zero-order valence-corrected chi connectivity index (χ0v) is 11.4. The van der Waals surface area contributed by atoms with Gasteiger partial charge in [-0.25, -0.2) is 13.2 Å². The Bertz CT molecular complexity index is 769. The first kappa shape index (κ1) is 14.2. The highest BCUT2D eigenvalue weighted by Crippen LogP contribution is 2.27. The zero-order valence-electron chi connectivity index (χ0n) is 9.79. The number of aromatic nitrogens is 1. The van der Waals surface area contributed by atoms with Crippen molar-refractivity contribution in [2.45, 2.75) is 4.90 Å². The van der Waals surface area contributed by atoms with Gasteiger partial charge in [0.1, 0.15) is 16.3 Å². The maximum atomic E-state index is 12.0. The van der Waals surface area contributed by atoms with Gasteiger partial charge in [-0.05, 0) is 24.3 Å². The minimum atomic E-state index is -3.94. The molecule has 0 aliphatic rings. The molecule has 106 valence electrons. The number of aromatic hydroxyl groups is 1. The van der Waals surface area contributed by atoms with E-state index in [1.807, 2.05) is 0 Å². The lowest BCUT2D eigenvalue weighted by Gasteiger charge is -2.07. The van der Waals surface area contributed by atoms with E-state index in [0.29, 0.717) is 0 Å². The summed E-state index contributed by atoms with van der Waals surface area (Å²) in [5, 5.41) is 18.0. The van der Waals surface area contributed by atoms with Gasteiger partial charge in [0.15, 0.2) is 0 Å². The van der Waals surface area contributed by atoms with Gasteiger partial charge in [-0.1, -0.05) is 11.6 Å². The van der Waals surface area contributed by atoms with Crippen molar-refractivity contribution in [1.29, 1.82) is 0 Å². The first-order valence-corrected chi connectivity index (χ1v) is 7.09. The molecule has 1 heterocycles. The molecule has 2 rings (SSSR count). The second-order valence-electron chi connectivity index (χ2n) is 3.83. The highest BCUT2D eigenvalue weighted by atomic mass is 35.5. The third-order valence-electron chi connectivity index (χ3n) is 2.40. The third-order valence-corrected chi connectivity index (χ3v) is 4.06. The van der Waals surface area contributed by atoms with E-state index in [-0.39, 0.29) is 27.0 Å². The molecule has 0 amide bonds. The van der Waals surface area contributed by atoms with Crippen LogP contribution in [-0.2, 0) is 10.0 Å². The molecule has 0 aliphatic carbocycles. The van der Waals surface area contributed by atoms with Crippen molar-refractivity contribution in [2.75, 3.05) is 4.72 Å². The van der Waals surface area contributed by atoms with Crippen LogP contribution in [-0.4, -0.2) is 29.6 Å². The lowest BCUT2D eigenvalue weighted by Crippen LogP contribution is -2.12. The van der Waals surface area contributed by atoms with Crippen LogP contribution in [0.25, 0.3) is 0 Å². The Morgan fingerprint density at radius 3 is 2.55 bits per heavy atom. The molecule has 0 bridgehead atoms. The predicted molar refractivity (Wildman–Crippen MR) is 71.7 cm³/mol. The van der Waals surface area contributed by atoms with Crippen LogP contribution in [0.1, 0.15) is 10.5 Å². The summed E-state index contributed by atoms with van der Waals surface area (Å²) >= 11 is 5.67. The van der Waals surface area contributed by atoms with Crippen molar-refractivity contribution in [1.82, 2.24) is 4.98 Å². The summed E-state index contributed by atoms with van der Waals surface area (Å²) in [6.45, 7) is 0. The number of anilines is 1. The number of rotatable bonds is 4. The van der Waals surface area contributed by atoms with E-state index in [1.54, 1.807) is 0 Å². The van der Waals surface area contributed by atoms with Crippen molar-refractivity contribution in [3.8, 4) is 5.75 Å². The number of aromatic amines is 1. The first-order valence-electron chi connectivity index (χ1n) is 5.22. The molecule has 0 spiro atoms. The minimum absolute atomic E-state index is 0.00880. The normalized spacial score (nSPS) is 11.2. The summed E-state index contributed by atoms with van der Waals surface area (Å²) in [6, 6.07) is 4.79. The van der Waals surface area contributed by atoms with Crippen LogP contribution in [0.3, 0.4) is 0 Å². The van der Waals surface area contributed by atoms with Crippen molar-refractivity contribution in [2.24, 2.45) is 0 Å². The lowest BCUT2D eigenvalue weighted by atomic mass is 10.3. The first-order chi connectivity index (χ1) is 9.29. The number of phenolic OH excluding ortho intramolecular Hbond substituents is 1. The predicted octanol–water partition coefficient (Wildman–Crippen LogP) is 1.87. The molecular weight excluding hydrogens is 308 g/mol. The number of hydrogen-bond acceptors (Lipinski definition) is 4. The molecule has 2 aromatic rings. The maximum Gasteiger partial charge on any atom is 0.352 e. The topological polar surface area (TPSA) is 119 Å². The zero-order chi connectivity index (χ0) is 14.9. The summed E-state index contributed by atoms with van der Waals surface area (Å²) in [5.74, 6) is -1.44. The maximum absolute atomic E-state index is 12.0. The highest BCUT2D eigenvalue weighted by Gasteiger charge is 2.18. The van der Waals surface area contributed by atoms with Crippen molar-refractivity contribution in [3.63, 3.8) is 0 Å². The van der Waals surface area contributed by atoms with E-state index in [0.717, 1.165) is 12.3 Å². The van der Waals surface area contributed by atoms with E-state index in [9.17, 15) is 18.3 Å². The van der Waals surface area contributed by atoms with Crippen LogP contribution in [0.5, 0.6) is 5.75 Å². The van der Waals surface area contributed by atoms with Gasteiger partial charge in [-0.2, -0.15) is 0 Å². The second kappa shape index (κ2) is 5.06. The number of aromatic carboxylic acids is 1. The largest absolute Gasteiger partial charge is 0.506 e. The number of halogens is 1. The number of H-pyrrole nitrogens is 1. The summed E-state index contributed by atoms with van der Waals surface area (Å²) in [4.78, 5) is 12.8. The molecule has 0 unspecified atom stereocenters. The molecular formula is C11H9ClN2O5S. The van der Waals surface area contributed by atoms with Crippen LogP contribution in [0, 0.1) is 0 Å². The molecule has 1 aromatic carbocycles. The average Bonchev–Trinajstić information content (AvgIpc) is 2.84. The van der Waals surface area contributed by atoms with Gasteiger partial charge in [0.25, 0.3) is 10.0 Å². The van der Waals surface area contributed by atoms with Crippen molar-refractivity contribution >= 4 is 33.3 Å². The minimum Gasteiger partial charge on any atom is -0.506 e. The van der Waals surface area contributed by atoms with E-state index in [2.05, 4.69) is 9.71 Å². The fourth-order valence-electron chi connectivity index (χ4n) is 1.44. The molecule has 0 radical (unpaired) electrons. The monoisotopic (exact) mass is 316 g/mol. The fourth-order valence-corrected chi connectivity index (χ4v) is 2.66. The molecule has 7 nitrogen and oxygen atoms in total. The van der Waals surface area contributed by atoms with Gasteiger partial charge < -0.3 is 15.2 Å². The van der Waals surface area contributed by atoms with E-state index >= 15 is 0 Å². The van der Waals surface area contributed by atoms with Gasteiger partial charge in [-0.3, -0.25) is 4.72 Å². The smallest absolute Gasteiger partial charge is 0.352 e. The van der Waals surface area contributed by atoms with E-state index in [1.165, 1.54) is 18.2 Å². The van der Waals surface area contributed by atoms with Crippen LogP contribution < -0.4 is 4.72 Å².